The Morgan fingerprint density at radius 3 is 2.39 bits per heavy atom. The van der Waals surface area contributed by atoms with Crippen LogP contribution in [0.15, 0.2) is 24.3 Å². The third-order valence-electron chi connectivity index (χ3n) is 6.55. The molecule has 0 unspecified atom stereocenters. The lowest BCUT2D eigenvalue weighted by Crippen LogP contribution is -2.54. The molecule has 152 valence electrons. The van der Waals surface area contributed by atoms with E-state index in [9.17, 15) is 9.59 Å². The Morgan fingerprint density at radius 1 is 1.07 bits per heavy atom. The molecule has 2 saturated heterocycles. The van der Waals surface area contributed by atoms with Crippen molar-refractivity contribution in [1.29, 1.82) is 0 Å². The van der Waals surface area contributed by atoms with Gasteiger partial charge in [0, 0.05) is 65.5 Å². The van der Waals surface area contributed by atoms with Crippen LogP contribution in [-0.4, -0.2) is 72.5 Å². The number of piperidine rings is 1. The Hall–Kier alpha value is -2.24. The second-order valence-electron chi connectivity index (χ2n) is 8.68. The summed E-state index contributed by atoms with van der Waals surface area (Å²) in [6, 6.07) is 8.30. The largest absolute Gasteiger partial charge is 0.487 e. The number of likely N-dealkylation sites (tertiary alicyclic amines) is 2. The second-order valence-corrected chi connectivity index (χ2v) is 8.68. The lowest BCUT2D eigenvalue weighted by molar-refractivity contribution is -0.129. The molecule has 0 aromatic heterocycles. The van der Waals surface area contributed by atoms with Gasteiger partial charge in [-0.05, 0) is 30.9 Å². The van der Waals surface area contributed by atoms with Crippen molar-refractivity contribution in [1.82, 2.24) is 14.7 Å². The van der Waals surface area contributed by atoms with E-state index < -0.39 is 0 Å². The van der Waals surface area contributed by atoms with E-state index in [-0.39, 0.29) is 23.5 Å². The number of amides is 3. The minimum Gasteiger partial charge on any atom is -0.487 e. The molecule has 0 radical (unpaired) electrons. The van der Waals surface area contributed by atoms with Crippen LogP contribution in [0, 0.1) is 0 Å². The average Bonchev–Trinajstić information content (AvgIpc) is 3.23. The van der Waals surface area contributed by atoms with Crippen LogP contribution in [-0.2, 0) is 4.79 Å². The lowest BCUT2D eigenvalue weighted by atomic mass is 9.76. The number of para-hydroxylation sites is 1. The van der Waals surface area contributed by atoms with E-state index in [4.69, 9.17) is 4.74 Å². The van der Waals surface area contributed by atoms with Gasteiger partial charge in [-0.3, -0.25) is 4.79 Å². The molecule has 0 N–H and O–H groups in total. The van der Waals surface area contributed by atoms with Gasteiger partial charge in [0.1, 0.15) is 11.4 Å². The summed E-state index contributed by atoms with van der Waals surface area (Å²) < 4.78 is 6.51. The molecule has 3 aliphatic heterocycles. The number of urea groups is 1. The van der Waals surface area contributed by atoms with Crippen LogP contribution in [0.2, 0.25) is 0 Å². The van der Waals surface area contributed by atoms with Gasteiger partial charge in [0.05, 0.1) is 0 Å². The number of carbonyl (C=O) groups excluding carboxylic acids is 2. The van der Waals surface area contributed by atoms with Crippen LogP contribution in [0.4, 0.5) is 4.79 Å². The van der Waals surface area contributed by atoms with Crippen LogP contribution in [0.3, 0.4) is 0 Å². The normalized spacial score (nSPS) is 23.3. The van der Waals surface area contributed by atoms with Crippen LogP contribution in [0.25, 0.3) is 0 Å². The Balaban J connectivity index is 1.48. The number of carbonyl (C=O) groups is 2. The topological polar surface area (TPSA) is 53.1 Å². The van der Waals surface area contributed by atoms with Crippen molar-refractivity contribution in [3.05, 3.63) is 29.8 Å². The van der Waals surface area contributed by atoms with E-state index in [0.717, 1.165) is 69.6 Å². The molecule has 1 aromatic rings. The first kappa shape index (κ1) is 19.1. The van der Waals surface area contributed by atoms with Gasteiger partial charge < -0.3 is 19.4 Å². The van der Waals surface area contributed by atoms with Crippen LogP contribution in [0.1, 0.15) is 50.0 Å². The van der Waals surface area contributed by atoms with Gasteiger partial charge in [0.25, 0.3) is 0 Å². The van der Waals surface area contributed by atoms with E-state index in [0.29, 0.717) is 6.42 Å². The molecule has 1 atom stereocenters. The van der Waals surface area contributed by atoms with Crippen molar-refractivity contribution in [3.63, 3.8) is 0 Å². The van der Waals surface area contributed by atoms with Gasteiger partial charge in [-0.25, -0.2) is 4.79 Å². The molecule has 6 nitrogen and oxygen atoms in total. The molecule has 0 bridgehead atoms. The quantitative estimate of drug-likeness (QED) is 0.786. The molecule has 3 heterocycles. The Labute approximate surface area is 167 Å². The first-order chi connectivity index (χ1) is 13.5. The standard InChI is InChI=1S/C22H31N3O3/c1-23(2)20(26)15-17-16-22(28-19-8-4-3-7-18(17)19)9-13-25(14-10-22)21(27)24-11-5-6-12-24/h3-4,7-8,17H,5-6,9-16H2,1-2H3/t17-/m1/s1. The van der Waals surface area contributed by atoms with Crippen molar-refractivity contribution in [3.8, 4) is 5.75 Å². The summed E-state index contributed by atoms with van der Waals surface area (Å²) in [5, 5.41) is 0. The number of hydrogen-bond acceptors (Lipinski definition) is 3. The molecular weight excluding hydrogens is 354 g/mol. The first-order valence-corrected chi connectivity index (χ1v) is 10.5. The smallest absolute Gasteiger partial charge is 0.320 e. The highest BCUT2D eigenvalue weighted by Gasteiger charge is 2.44. The third-order valence-corrected chi connectivity index (χ3v) is 6.55. The number of rotatable bonds is 2. The summed E-state index contributed by atoms with van der Waals surface area (Å²) in [5.74, 6) is 1.23. The van der Waals surface area contributed by atoms with Crippen LogP contribution in [0.5, 0.6) is 5.75 Å². The Kier molecular flexibility index (Phi) is 5.21. The van der Waals surface area contributed by atoms with Gasteiger partial charge in [0.15, 0.2) is 0 Å². The van der Waals surface area contributed by atoms with E-state index in [1.807, 2.05) is 42.1 Å². The van der Waals surface area contributed by atoms with E-state index in [1.54, 1.807) is 4.90 Å². The fraction of sp³-hybridized carbons (Fsp3) is 0.636. The number of fused-ring (bicyclic) bond motifs is 1. The van der Waals surface area contributed by atoms with Gasteiger partial charge in [-0.2, -0.15) is 0 Å². The molecule has 4 rings (SSSR count). The minimum absolute atomic E-state index is 0.151. The van der Waals surface area contributed by atoms with Gasteiger partial charge in [-0.15, -0.1) is 0 Å². The van der Waals surface area contributed by atoms with Crippen molar-refractivity contribution >= 4 is 11.9 Å². The fourth-order valence-corrected chi connectivity index (χ4v) is 4.84. The van der Waals surface area contributed by atoms with Crippen molar-refractivity contribution in [2.24, 2.45) is 0 Å². The molecule has 0 saturated carbocycles. The average molecular weight is 386 g/mol. The Morgan fingerprint density at radius 2 is 1.71 bits per heavy atom. The highest BCUT2D eigenvalue weighted by Crippen LogP contribution is 2.46. The molecule has 28 heavy (non-hydrogen) atoms. The number of benzene rings is 1. The molecule has 3 amide bonds. The van der Waals surface area contributed by atoms with E-state index >= 15 is 0 Å². The van der Waals surface area contributed by atoms with Gasteiger partial charge in [0.2, 0.25) is 5.91 Å². The molecule has 1 aromatic carbocycles. The summed E-state index contributed by atoms with van der Waals surface area (Å²) in [4.78, 5) is 30.8. The molecule has 2 fully saturated rings. The summed E-state index contributed by atoms with van der Waals surface area (Å²) in [7, 11) is 3.62. The predicted octanol–water partition coefficient (Wildman–Crippen LogP) is 3.08. The first-order valence-electron chi connectivity index (χ1n) is 10.5. The Bertz CT molecular complexity index is 734. The van der Waals surface area contributed by atoms with E-state index in [2.05, 4.69) is 6.07 Å². The maximum atomic E-state index is 12.7. The number of hydrogen-bond donors (Lipinski definition) is 0. The second kappa shape index (κ2) is 7.64. The molecule has 1 spiro atoms. The van der Waals surface area contributed by atoms with Crippen LogP contribution >= 0.6 is 0 Å². The van der Waals surface area contributed by atoms with Crippen LogP contribution < -0.4 is 4.74 Å². The lowest BCUT2D eigenvalue weighted by Gasteiger charge is -2.47. The highest BCUT2D eigenvalue weighted by molar-refractivity contribution is 5.77. The summed E-state index contributed by atoms with van der Waals surface area (Å²) in [5.41, 5.74) is 0.867. The molecular formula is C22H31N3O3. The summed E-state index contributed by atoms with van der Waals surface area (Å²) >= 11 is 0. The fourth-order valence-electron chi connectivity index (χ4n) is 4.84. The molecule has 6 heteroatoms. The number of ether oxygens (including phenoxy) is 1. The minimum atomic E-state index is -0.270. The highest BCUT2D eigenvalue weighted by atomic mass is 16.5. The van der Waals surface area contributed by atoms with Crippen molar-refractivity contribution in [2.45, 2.75) is 50.0 Å². The SMILES string of the molecule is CN(C)C(=O)C[C@@H]1CC2(CCN(C(=O)N3CCCC3)CC2)Oc2ccccc21. The van der Waals surface area contributed by atoms with Gasteiger partial charge >= 0.3 is 6.03 Å². The van der Waals surface area contributed by atoms with Crippen molar-refractivity contribution < 1.29 is 14.3 Å². The van der Waals surface area contributed by atoms with Gasteiger partial charge in [-0.1, -0.05) is 18.2 Å². The zero-order valence-corrected chi connectivity index (χ0v) is 17.0. The summed E-state index contributed by atoms with van der Waals surface area (Å²) in [6.07, 6.45) is 5.23. The zero-order valence-electron chi connectivity index (χ0n) is 17.0. The van der Waals surface area contributed by atoms with Crippen molar-refractivity contribution in [2.75, 3.05) is 40.3 Å². The van der Waals surface area contributed by atoms with E-state index in [1.165, 1.54) is 0 Å². The zero-order chi connectivity index (χ0) is 19.7. The maximum Gasteiger partial charge on any atom is 0.320 e. The summed E-state index contributed by atoms with van der Waals surface area (Å²) in [6.45, 7) is 3.23. The maximum absolute atomic E-state index is 12.7. The molecule has 3 aliphatic rings. The molecule has 0 aliphatic carbocycles. The number of nitrogens with zero attached hydrogens (tertiary/aromatic N) is 3. The third kappa shape index (κ3) is 3.69. The predicted molar refractivity (Wildman–Crippen MR) is 107 cm³/mol. The monoisotopic (exact) mass is 385 g/mol.